The Hall–Kier alpha value is -2.11. The van der Waals surface area contributed by atoms with Crippen LogP contribution >= 0.6 is 0 Å². The lowest BCUT2D eigenvalue weighted by Gasteiger charge is -2.48. The number of carbonyl (C=O) groups is 1. The highest BCUT2D eigenvalue weighted by molar-refractivity contribution is 5.90. The molecule has 1 N–H and O–H groups in total. The van der Waals surface area contributed by atoms with E-state index in [-0.39, 0.29) is 24.0 Å². The van der Waals surface area contributed by atoms with Crippen molar-refractivity contribution < 1.29 is 19.0 Å². The van der Waals surface area contributed by atoms with Gasteiger partial charge in [-0.05, 0) is 31.7 Å². The van der Waals surface area contributed by atoms with Crippen LogP contribution in [0, 0.1) is 11.8 Å². The van der Waals surface area contributed by atoms with Crippen molar-refractivity contribution in [2.45, 2.75) is 38.0 Å². The number of benzene rings is 2. The molecule has 4 atom stereocenters. The maximum Gasteiger partial charge on any atom is 0.263 e. The smallest absolute Gasteiger partial charge is 0.263 e. The highest BCUT2D eigenvalue weighted by Gasteiger charge is 2.55. The fourth-order valence-corrected chi connectivity index (χ4v) is 4.37. The van der Waals surface area contributed by atoms with Gasteiger partial charge in [0.1, 0.15) is 5.75 Å². The molecule has 1 heterocycles. The van der Waals surface area contributed by atoms with E-state index in [9.17, 15) is 4.79 Å². The molecule has 0 aromatic heterocycles. The molecule has 5 heteroatoms. The van der Waals surface area contributed by atoms with E-state index in [1.165, 1.54) is 0 Å². The minimum absolute atomic E-state index is 0.0837. The zero-order valence-electron chi connectivity index (χ0n) is 16.1. The van der Waals surface area contributed by atoms with E-state index in [1.807, 2.05) is 56.3 Å². The number of fused-ring (bicyclic) bond motifs is 2. The summed E-state index contributed by atoms with van der Waals surface area (Å²) in [6, 6.07) is 14.0. The number of rotatable bonds is 6. The monoisotopic (exact) mass is 369 g/mol. The molecule has 5 nitrogen and oxygen atoms in total. The highest BCUT2D eigenvalue weighted by atomic mass is 16.5. The Balaban J connectivity index is 1.49. The molecule has 2 aromatic carbocycles. The largest absolute Gasteiger partial charge is 0.477 e. The van der Waals surface area contributed by atoms with Gasteiger partial charge in [0, 0.05) is 37.0 Å². The second-order valence-corrected chi connectivity index (χ2v) is 8.00. The average Bonchev–Trinajstić information content (AvgIpc) is 3.08. The number of hydrogen-bond donors (Lipinski definition) is 1. The average molecular weight is 369 g/mol. The predicted octanol–water partition coefficient (Wildman–Crippen LogP) is 3.16. The third-order valence-corrected chi connectivity index (χ3v) is 5.85. The van der Waals surface area contributed by atoms with E-state index in [0.29, 0.717) is 12.5 Å². The predicted molar refractivity (Wildman–Crippen MR) is 104 cm³/mol. The molecule has 0 unspecified atom stereocenters. The molecule has 1 saturated heterocycles. The zero-order valence-corrected chi connectivity index (χ0v) is 16.1. The van der Waals surface area contributed by atoms with Crippen LogP contribution in [0.3, 0.4) is 0 Å². The molecule has 2 fully saturated rings. The van der Waals surface area contributed by atoms with E-state index >= 15 is 0 Å². The topological polar surface area (TPSA) is 56.8 Å². The molecule has 1 amide bonds. The van der Waals surface area contributed by atoms with Crippen molar-refractivity contribution in [3.63, 3.8) is 0 Å². The Morgan fingerprint density at radius 2 is 2.00 bits per heavy atom. The quantitative estimate of drug-likeness (QED) is 0.850. The number of methoxy groups -OCH3 is 1. The first-order valence-electron chi connectivity index (χ1n) is 9.59. The van der Waals surface area contributed by atoms with Crippen LogP contribution < -0.4 is 10.1 Å². The van der Waals surface area contributed by atoms with Crippen molar-refractivity contribution >= 4 is 16.7 Å². The Kier molecular flexibility index (Phi) is 4.82. The number of ether oxygens (including phenoxy) is 3. The van der Waals surface area contributed by atoms with Gasteiger partial charge in [-0.25, -0.2) is 0 Å². The zero-order chi connectivity index (χ0) is 19.0. The van der Waals surface area contributed by atoms with Crippen molar-refractivity contribution in [3.8, 4) is 5.75 Å². The molecular weight excluding hydrogens is 342 g/mol. The molecule has 4 rings (SSSR count). The van der Waals surface area contributed by atoms with Crippen LogP contribution in [0.5, 0.6) is 5.75 Å². The number of hydrogen-bond acceptors (Lipinski definition) is 4. The van der Waals surface area contributed by atoms with Crippen molar-refractivity contribution in [3.05, 3.63) is 42.5 Å². The summed E-state index contributed by atoms with van der Waals surface area (Å²) in [6.45, 7) is 4.99. The molecule has 0 radical (unpaired) electrons. The van der Waals surface area contributed by atoms with Gasteiger partial charge in [-0.15, -0.1) is 0 Å². The van der Waals surface area contributed by atoms with Crippen LogP contribution in [0.4, 0.5) is 0 Å². The molecular formula is C22H27NO4. The fourth-order valence-electron chi connectivity index (χ4n) is 4.37. The van der Waals surface area contributed by atoms with Gasteiger partial charge in [0.15, 0.2) is 5.60 Å². The Morgan fingerprint density at radius 1 is 1.22 bits per heavy atom. The summed E-state index contributed by atoms with van der Waals surface area (Å²) in [5.41, 5.74) is -0.980. The third kappa shape index (κ3) is 3.30. The van der Waals surface area contributed by atoms with E-state index in [4.69, 9.17) is 14.2 Å². The summed E-state index contributed by atoms with van der Waals surface area (Å²) in [4.78, 5) is 13.0. The van der Waals surface area contributed by atoms with Crippen LogP contribution in [-0.4, -0.2) is 44.0 Å². The Labute approximate surface area is 160 Å². The minimum atomic E-state index is -0.980. The molecule has 2 aromatic rings. The van der Waals surface area contributed by atoms with Gasteiger partial charge in [0.2, 0.25) is 0 Å². The molecule has 27 heavy (non-hydrogen) atoms. The first kappa shape index (κ1) is 18.3. The van der Waals surface area contributed by atoms with Gasteiger partial charge in [-0.3, -0.25) is 4.79 Å². The lowest BCUT2D eigenvalue weighted by atomic mass is 9.67. The normalized spacial score (nSPS) is 27.1. The van der Waals surface area contributed by atoms with Crippen molar-refractivity contribution in [1.82, 2.24) is 5.32 Å². The van der Waals surface area contributed by atoms with Gasteiger partial charge >= 0.3 is 0 Å². The van der Waals surface area contributed by atoms with Crippen LogP contribution in [0.1, 0.15) is 20.3 Å². The Bertz CT molecular complexity index is 829. The first-order valence-corrected chi connectivity index (χ1v) is 9.59. The fraction of sp³-hybridized carbons (Fsp3) is 0.500. The maximum atomic E-state index is 13.0. The lowest BCUT2D eigenvalue weighted by molar-refractivity contribution is -0.142. The highest BCUT2D eigenvalue weighted by Crippen LogP contribution is 2.44. The van der Waals surface area contributed by atoms with Gasteiger partial charge < -0.3 is 19.5 Å². The van der Waals surface area contributed by atoms with Crippen LogP contribution in [0.15, 0.2) is 42.5 Å². The molecule has 1 aliphatic heterocycles. The Morgan fingerprint density at radius 3 is 2.81 bits per heavy atom. The van der Waals surface area contributed by atoms with Gasteiger partial charge in [0.25, 0.3) is 5.91 Å². The summed E-state index contributed by atoms with van der Waals surface area (Å²) < 4.78 is 17.3. The summed E-state index contributed by atoms with van der Waals surface area (Å²) in [6.07, 6.45) is 1.19. The van der Waals surface area contributed by atoms with Crippen LogP contribution in [-0.2, 0) is 14.3 Å². The SMILES string of the molecule is COC[C@H]1[C@@H](NC(=O)C(C)(C)Oc2cccc3ccccc23)[C@@H]2CCO[C@@H]21. The molecule has 1 aliphatic carbocycles. The molecule has 144 valence electrons. The second kappa shape index (κ2) is 7.13. The molecule has 1 saturated carbocycles. The number of amides is 1. The third-order valence-electron chi connectivity index (χ3n) is 5.85. The summed E-state index contributed by atoms with van der Waals surface area (Å²) in [5.74, 6) is 1.20. The standard InChI is InChI=1S/C22H27NO4/c1-22(2,27-18-10-6-8-14-7-4-5-9-15(14)18)21(24)23-19-16-11-12-26-20(16)17(19)13-25-3/h4-10,16-17,19-20H,11-13H2,1-3H3,(H,23,24)/t16-,17-,19-,20-/m0/s1. The van der Waals surface area contributed by atoms with E-state index in [2.05, 4.69) is 5.32 Å². The van der Waals surface area contributed by atoms with Crippen molar-refractivity contribution in [1.29, 1.82) is 0 Å². The molecule has 0 spiro atoms. The summed E-state index contributed by atoms with van der Waals surface area (Å²) in [7, 11) is 1.69. The first-order chi connectivity index (χ1) is 13.0. The maximum absolute atomic E-state index is 13.0. The van der Waals surface area contributed by atoms with E-state index < -0.39 is 5.60 Å². The second-order valence-electron chi connectivity index (χ2n) is 8.00. The lowest BCUT2D eigenvalue weighted by Crippen LogP contribution is -2.65. The van der Waals surface area contributed by atoms with Crippen molar-refractivity contribution in [2.75, 3.05) is 20.3 Å². The number of carbonyl (C=O) groups excluding carboxylic acids is 1. The number of nitrogens with one attached hydrogen (secondary N) is 1. The summed E-state index contributed by atoms with van der Waals surface area (Å²) in [5, 5.41) is 5.31. The molecule has 0 bridgehead atoms. The minimum Gasteiger partial charge on any atom is -0.477 e. The van der Waals surface area contributed by atoms with Crippen molar-refractivity contribution in [2.24, 2.45) is 11.8 Å². The van der Waals surface area contributed by atoms with Gasteiger partial charge in [0.05, 0.1) is 12.7 Å². The van der Waals surface area contributed by atoms with Crippen LogP contribution in [0.25, 0.3) is 10.8 Å². The van der Waals surface area contributed by atoms with E-state index in [0.717, 1.165) is 29.5 Å². The summed E-state index contributed by atoms with van der Waals surface area (Å²) >= 11 is 0. The van der Waals surface area contributed by atoms with Crippen LogP contribution in [0.2, 0.25) is 0 Å². The van der Waals surface area contributed by atoms with Gasteiger partial charge in [-0.1, -0.05) is 36.4 Å². The molecule has 2 aliphatic rings. The van der Waals surface area contributed by atoms with E-state index in [1.54, 1.807) is 7.11 Å². The van der Waals surface area contributed by atoms with Gasteiger partial charge in [-0.2, -0.15) is 0 Å².